The molecule has 0 aliphatic carbocycles. The molecule has 9 heteroatoms. The van der Waals surface area contributed by atoms with E-state index in [0.717, 1.165) is 0 Å². The molecular formula is C9H6ClF5N2O. The van der Waals surface area contributed by atoms with Crippen LogP contribution in [0.25, 0.3) is 0 Å². The molecule has 2 N–H and O–H groups in total. The quantitative estimate of drug-likeness (QED) is 0.687. The molecule has 1 heterocycles. The molecule has 0 aromatic carbocycles. The summed E-state index contributed by atoms with van der Waals surface area (Å²) in [5.41, 5.74) is 0.718. The monoisotopic (exact) mass is 288 g/mol. The van der Waals surface area contributed by atoms with Crippen LogP contribution in [0.1, 0.15) is 33.6 Å². The summed E-state index contributed by atoms with van der Waals surface area (Å²) in [5, 5.41) is -1.24. The first-order chi connectivity index (χ1) is 8.20. The van der Waals surface area contributed by atoms with Gasteiger partial charge in [-0.05, 0) is 11.6 Å². The van der Waals surface area contributed by atoms with Crippen molar-refractivity contribution in [2.45, 2.75) is 19.1 Å². The van der Waals surface area contributed by atoms with E-state index in [9.17, 15) is 26.7 Å². The van der Waals surface area contributed by atoms with E-state index in [4.69, 9.17) is 17.3 Å². The summed E-state index contributed by atoms with van der Waals surface area (Å²) in [6, 6.07) is 0. The molecule has 0 amide bonds. The smallest absolute Gasteiger partial charge is 0.326 e. The Labute approximate surface area is 103 Å². The summed E-state index contributed by atoms with van der Waals surface area (Å²) in [6.45, 7) is -0.704. The van der Waals surface area contributed by atoms with Crippen molar-refractivity contribution in [3.8, 4) is 0 Å². The fourth-order valence-electron chi connectivity index (χ4n) is 1.42. The Hall–Kier alpha value is -1.28. The van der Waals surface area contributed by atoms with Crippen LogP contribution in [-0.2, 0) is 12.7 Å². The SMILES string of the molecule is NCc1c(C(=O)Cl)ncc(C(F)(F)F)c1C(F)F. The Morgan fingerprint density at radius 3 is 2.33 bits per heavy atom. The molecule has 0 saturated heterocycles. The van der Waals surface area contributed by atoms with Crippen molar-refractivity contribution in [2.24, 2.45) is 5.73 Å². The number of carbonyl (C=O) groups excluding carboxylic acids is 1. The first kappa shape index (κ1) is 14.8. The highest BCUT2D eigenvalue weighted by Gasteiger charge is 2.38. The minimum absolute atomic E-state index is 0.149. The molecule has 0 radical (unpaired) electrons. The third kappa shape index (κ3) is 2.75. The van der Waals surface area contributed by atoms with Gasteiger partial charge in [0, 0.05) is 23.9 Å². The summed E-state index contributed by atoms with van der Waals surface area (Å²) >= 11 is 5.05. The standard InChI is InChI=1S/C9H6ClF5N2O/c10-7(18)6-3(1-16)5(8(11)12)4(2-17-6)9(13,14)15/h2,8H,1,16H2. The maximum atomic E-state index is 12.7. The molecule has 1 rings (SSSR count). The average molecular weight is 289 g/mol. The van der Waals surface area contributed by atoms with Gasteiger partial charge in [0.05, 0.1) is 5.56 Å². The summed E-state index contributed by atoms with van der Waals surface area (Å²) in [5.74, 6) is 0. The van der Waals surface area contributed by atoms with E-state index < -0.39 is 46.8 Å². The van der Waals surface area contributed by atoms with Crippen molar-refractivity contribution in [3.05, 3.63) is 28.6 Å². The Morgan fingerprint density at radius 1 is 1.44 bits per heavy atom. The second-order valence-corrected chi connectivity index (χ2v) is 3.53. The van der Waals surface area contributed by atoms with Gasteiger partial charge in [-0.1, -0.05) is 0 Å². The number of alkyl halides is 5. The Morgan fingerprint density at radius 2 is 2.00 bits per heavy atom. The predicted molar refractivity (Wildman–Crippen MR) is 52.3 cm³/mol. The number of aromatic nitrogens is 1. The zero-order valence-corrected chi connectivity index (χ0v) is 9.32. The van der Waals surface area contributed by atoms with E-state index in [-0.39, 0.29) is 6.20 Å². The first-order valence-electron chi connectivity index (χ1n) is 4.47. The van der Waals surface area contributed by atoms with E-state index in [1.807, 2.05) is 0 Å². The van der Waals surface area contributed by atoms with Crippen LogP contribution in [0.3, 0.4) is 0 Å². The molecule has 0 atom stereocenters. The molecule has 0 aliphatic rings. The Balaban J connectivity index is 3.64. The number of hydrogen-bond acceptors (Lipinski definition) is 3. The molecule has 0 spiro atoms. The zero-order chi connectivity index (χ0) is 14.1. The molecule has 0 bridgehead atoms. The molecule has 100 valence electrons. The lowest BCUT2D eigenvalue weighted by molar-refractivity contribution is -0.139. The van der Waals surface area contributed by atoms with Crippen molar-refractivity contribution < 1.29 is 26.7 Å². The minimum Gasteiger partial charge on any atom is -0.326 e. The topological polar surface area (TPSA) is 56.0 Å². The first-order valence-corrected chi connectivity index (χ1v) is 4.85. The van der Waals surface area contributed by atoms with E-state index in [1.165, 1.54) is 0 Å². The van der Waals surface area contributed by atoms with Gasteiger partial charge in [0.1, 0.15) is 5.69 Å². The molecular weight excluding hydrogens is 283 g/mol. The lowest BCUT2D eigenvalue weighted by Gasteiger charge is -2.16. The van der Waals surface area contributed by atoms with Gasteiger partial charge in [0.25, 0.3) is 11.7 Å². The molecule has 18 heavy (non-hydrogen) atoms. The van der Waals surface area contributed by atoms with Crippen molar-refractivity contribution >= 4 is 16.8 Å². The van der Waals surface area contributed by atoms with E-state index >= 15 is 0 Å². The van der Waals surface area contributed by atoms with Crippen molar-refractivity contribution in [3.63, 3.8) is 0 Å². The number of halogens is 6. The van der Waals surface area contributed by atoms with Gasteiger partial charge in [0.15, 0.2) is 0 Å². The highest BCUT2D eigenvalue weighted by atomic mass is 35.5. The molecule has 0 unspecified atom stereocenters. The fourth-order valence-corrected chi connectivity index (χ4v) is 1.58. The van der Waals surface area contributed by atoms with Gasteiger partial charge in [-0.3, -0.25) is 9.78 Å². The highest BCUT2D eigenvalue weighted by molar-refractivity contribution is 6.67. The van der Waals surface area contributed by atoms with Crippen molar-refractivity contribution in [1.29, 1.82) is 0 Å². The normalized spacial score (nSPS) is 12.0. The maximum Gasteiger partial charge on any atom is 0.418 e. The van der Waals surface area contributed by atoms with Crippen LogP contribution in [0.15, 0.2) is 6.20 Å². The summed E-state index contributed by atoms with van der Waals surface area (Å²) < 4.78 is 63.0. The van der Waals surface area contributed by atoms with Crippen LogP contribution >= 0.6 is 11.6 Å². The Bertz CT molecular complexity index is 475. The largest absolute Gasteiger partial charge is 0.418 e. The summed E-state index contributed by atoms with van der Waals surface area (Å²) in [7, 11) is 0. The molecule has 0 fully saturated rings. The van der Waals surface area contributed by atoms with Gasteiger partial charge in [-0.2, -0.15) is 13.2 Å². The van der Waals surface area contributed by atoms with Gasteiger partial charge in [-0.25, -0.2) is 8.78 Å². The van der Waals surface area contributed by atoms with E-state index in [0.29, 0.717) is 0 Å². The molecule has 1 aromatic heterocycles. The van der Waals surface area contributed by atoms with E-state index in [2.05, 4.69) is 4.98 Å². The molecule has 0 saturated carbocycles. The number of carbonyl (C=O) groups is 1. The Kier molecular flexibility index (Phi) is 4.23. The lowest BCUT2D eigenvalue weighted by atomic mass is 10.0. The summed E-state index contributed by atoms with van der Waals surface area (Å²) in [4.78, 5) is 14.0. The summed E-state index contributed by atoms with van der Waals surface area (Å²) in [6.07, 6.45) is -8.31. The van der Waals surface area contributed by atoms with Crippen LogP contribution in [0.2, 0.25) is 0 Å². The lowest BCUT2D eigenvalue weighted by Crippen LogP contribution is -2.18. The average Bonchev–Trinajstić information content (AvgIpc) is 2.25. The van der Waals surface area contributed by atoms with Gasteiger partial charge in [-0.15, -0.1) is 0 Å². The minimum atomic E-state index is -5.02. The van der Waals surface area contributed by atoms with Crippen molar-refractivity contribution in [2.75, 3.05) is 0 Å². The zero-order valence-electron chi connectivity index (χ0n) is 8.56. The van der Waals surface area contributed by atoms with Gasteiger partial charge >= 0.3 is 6.18 Å². The van der Waals surface area contributed by atoms with Crippen molar-refractivity contribution in [1.82, 2.24) is 4.98 Å². The molecule has 3 nitrogen and oxygen atoms in total. The maximum absolute atomic E-state index is 12.7. The van der Waals surface area contributed by atoms with Gasteiger partial charge < -0.3 is 5.73 Å². The number of nitrogens with zero attached hydrogens (tertiary/aromatic N) is 1. The highest BCUT2D eigenvalue weighted by Crippen LogP contribution is 2.38. The molecule has 0 aliphatic heterocycles. The fraction of sp³-hybridized carbons (Fsp3) is 0.333. The van der Waals surface area contributed by atoms with Crippen LogP contribution in [-0.4, -0.2) is 10.2 Å². The van der Waals surface area contributed by atoms with Crippen LogP contribution in [0, 0.1) is 0 Å². The van der Waals surface area contributed by atoms with Crippen LogP contribution in [0.4, 0.5) is 22.0 Å². The number of nitrogens with two attached hydrogens (primary N) is 1. The van der Waals surface area contributed by atoms with Crippen LogP contribution < -0.4 is 5.73 Å². The molecule has 1 aromatic rings. The third-order valence-corrected chi connectivity index (χ3v) is 2.32. The predicted octanol–water partition coefficient (Wildman–Crippen LogP) is 2.88. The third-order valence-electron chi connectivity index (χ3n) is 2.14. The number of hydrogen-bond donors (Lipinski definition) is 1. The van der Waals surface area contributed by atoms with Crippen LogP contribution in [0.5, 0.6) is 0 Å². The second-order valence-electron chi connectivity index (χ2n) is 3.19. The second kappa shape index (κ2) is 5.15. The number of rotatable bonds is 3. The van der Waals surface area contributed by atoms with Gasteiger partial charge in [0.2, 0.25) is 0 Å². The number of pyridine rings is 1. The van der Waals surface area contributed by atoms with E-state index in [1.54, 1.807) is 0 Å².